The Kier molecular flexibility index (Phi) is 5.79. The van der Waals surface area contributed by atoms with Gasteiger partial charge in [0, 0.05) is 22.3 Å². The van der Waals surface area contributed by atoms with Gasteiger partial charge in [-0.3, -0.25) is 0 Å². The number of aromatic nitrogens is 2. The predicted octanol–water partition coefficient (Wildman–Crippen LogP) is 11.1. The maximum Gasteiger partial charge on any atom is 0.132 e. The highest BCUT2D eigenvalue weighted by molar-refractivity contribution is 5.96. The Morgan fingerprint density at radius 3 is 1.71 bits per heavy atom. The van der Waals surface area contributed by atoms with Crippen molar-refractivity contribution in [3.63, 3.8) is 0 Å². The van der Waals surface area contributed by atoms with E-state index in [9.17, 15) is 0 Å². The Bertz CT molecular complexity index is 2480. The smallest absolute Gasteiger partial charge is 0.132 e. The van der Waals surface area contributed by atoms with E-state index in [1.54, 1.807) is 0 Å². The molecule has 10 rings (SSSR count). The van der Waals surface area contributed by atoms with E-state index in [0.717, 1.165) is 45.1 Å². The fraction of sp³-hybridized carbons (Fsp3) is 0.0222. The van der Waals surface area contributed by atoms with Crippen LogP contribution in [0.4, 0.5) is 0 Å². The minimum atomic E-state index is -0.448. The zero-order valence-corrected chi connectivity index (χ0v) is 26.0. The Hall–Kier alpha value is -6.32. The minimum absolute atomic E-state index is 0.448. The molecule has 0 radical (unpaired) electrons. The van der Waals surface area contributed by atoms with Gasteiger partial charge in [0.15, 0.2) is 0 Å². The Morgan fingerprint density at radius 2 is 0.938 bits per heavy atom. The molecule has 0 fully saturated rings. The van der Waals surface area contributed by atoms with E-state index in [0.29, 0.717) is 0 Å². The first kappa shape index (κ1) is 26.9. The van der Waals surface area contributed by atoms with Crippen LogP contribution < -0.4 is 4.74 Å². The molecule has 7 aromatic carbocycles. The van der Waals surface area contributed by atoms with Crippen molar-refractivity contribution in [3.05, 3.63) is 192 Å². The number of rotatable bonds is 3. The highest BCUT2D eigenvalue weighted by Crippen LogP contribution is 2.62. The SMILES string of the molecule is c1ccc2c(c1)Oc1cc(-c3ccc(-c4ccc(-c5cccc6ccccc56)nn4)cc3)ccc1C21c2ccccc2-c2ccccc21. The van der Waals surface area contributed by atoms with Crippen LogP contribution in [0.2, 0.25) is 0 Å². The van der Waals surface area contributed by atoms with Crippen molar-refractivity contribution in [1.82, 2.24) is 10.2 Å². The van der Waals surface area contributed by atoms with Crippen LogP contribution in [0.15, 0.2) is 170 Å². The van der Waals surface area contributed by atoms with Gasteiger partial charge in [-0.05, 0) is 68.4 Å². The monoisotopic (exact) mass is 612 g/mol. The van der Waals surface area contributed by atoms with Crippen molar-refractivity contribution in [2.75, 3.05) is 0 Å². The second-order valence-electron chi connectivity index (χ2n) is 12.6. The summed E-state index contributed by atoms with van der Waals surface area (Å²) >= 11 is 0. The first-order valence-electron chi connectivity index (χ1n) is 16.3. The van der Waals surface area contributed by atoms with Crippen molar-refractivity contribution in [1.29, 1.82) is 0 Å². The van der Waals surface area contributed by atoms with Crippen LogP contribution >= 0.6 is 0 Å². The van der Waals surface area contributed by atoms with Crippen LogP contribution in [0.25, 0.3) is 55.5 Å². The number of nitrogens with zero attached hydrogens (tertiary/aromatic N) is 2. The van der Waals surface area contributed by atoms with Gasteiger partial charge in [-0.1, -0.05) is 146 Å². The van der Waals surface area contributed by atoms with Crippen molar-refractivity contribution < 1.29 is 4.74 Å². The molecule has 3 heteroatoms. The molecule has 8 aromatic rings. The quantitative estimate of drug-likeness (QED) is 0.199. The van der Waals surface area contributed by atoms with Gasteiger partial charge in [0.2, 0.25) is 0 Å². The van der Waals surface area contributed by atoms with Crippen molar-refractivity contribution in [3.8, 4) is 56.3 Å². The van der Waals surface area contributed by atoms with Crippen LogP contribution in [-0.4, -0.2) is 10.2 Å². The highest BCUT2D eigenvalue weighted by atomic mass is 16.5. The summed E-state index contributed by atoms with van der Waals surface area (Å²) in [5, 5.41) is 11.6. The lowest BCUT2D eigenvalue weighted by Crippen LogP contribution is -2.32. The molecule has 1 aliphatic carbocycles. The normalized spacial score (nSPS) is 13.3. The maximum absolute atomic E-state index is 6.71. The molecule has 0 saturated heterocycles. The van der Waals surface area contributed by atoms with Crippen molar-refractivity contribution >= 4 is 10.8 Å². The van der Waals surface area contributed by atoms with Crippen LogP contribution in [0.5, 0.6) is 11.5 Å². The summed E-state index contributed by atoms with van der Waals surface area (Å²) in [5.74, 6) is 1.78. The molecule has 1 spiro atoms. The highest BCUT2D eigenvalue weighted by Gasteiger charge is 2.50. The molecule has 1 aromatic heterocycles. The number of hydrogen-bond donors (Lipinski definition) is 0. The fourth-order valence-electron chi connectivity index (χ4n) is 7.95. The molecule has 0 N–H and O–H groups in total. The van der Waals surface area contributed by atoms with E-state index in [4.69, 9.17) is 4.74 Å². The topological polar surface area (TPSA) is 35.0 Å². The number of para-hydroxylation sites is 1. The molecule has 2 heterocycles. The average Bonchev–Trinajstić information content (AvgIpc) is 3.45. The third-order valence-electron chi connectivity index (χ3n) is 10.1. The van der Waals surface area contributed by atoms with Crippen LogP contribution in [0.3, 0.4) is 0 Å². The summed E-state index contributed by atoms with van der Waals surface area (Å²) < 4.78 is 6.71. The number of ether oxygens (including phenoxy) is 1. The molecule has 1 aliphatic heterocycles. The average molecular weight is 613 g/mol. The van der Waals surface area contributed by atoms with E-state index in [2.05, 4.69) is 180 Å². The van der Waals surface area contributed by atoms with Gasteiger partial charge in [0.1, 0.15) is 11.5 Å². The molecule has 48 heavy (non-hydrogen) atoms. The second kappa shape index (κ2) is 10.3. The van der Waals surface area contributed by atoms with E-state index >= 15 is 0 Å². The minimum Gasteiger partial charge on any atom is -0.457 e. The number of hydrogen-bond acceptors (Lipinski definition) is 3. The molecule has 224 valence electrons. The molecule has 2 aliphatic rings. The molecule has 0 bridgehead atoms. The lowest BCUT2D eigenvalue weighted by molar-refractivity contribution is 0.436. The number of fused-ring (bicyclic) bond motifs is 10. The van der Waals surface area contributed by atoms with E-state index < -0.39 is 5.41 Å². The summed E-state index contributed by atoms with van der Waals surface area (Å²) in [4.78, 5) is 0. The van der Waals surface area contributed by atoms with Gasteiger partial charge in [0.25, 0.3) is 0 Å². The van der Waals surface area contributed by atoms with Gasteiger partial charge in [-0.15, -0.1) is 10.2 Å². The third-order valence-corrected chi connectivity index (χ3v) is 10.1. The first-order chi connectivity index (χ1) is 23.8. The van der Waals surface area contributed by atoms with Crippen molar-refractivity contribution in [2.45, 2.75) is 5.41 Å². The Balaban J connectivity index is 1.03. The van der Waals surface area contributed by atoms with Gasteiger partial charge in [-0.2, -0.15) is 0 Å². The van der Waals surface area contributed by atoms with E-state index in [-0.39, 0.29) is 0 Å². The van der Waals surface area contributed by atoms with Crippen LogP contribution in [0.1, 0.15) is 22.3 Å². The standard InChI is InChI=1S/C45H28N2O/c1-2-12-33-30(10-1)11-9-15-36(33)42-27-26-41(46-47-42)31-22-20-29(21-23-31)32-24-25-40-44(28-32)48-43-19-8-7-18-39(43)45(40)37-16-5-3-13-34(37)35-14-4-6-17-38(35)45/h1-28H. The fourth-order valence-corrected chi connectivity index (χ4v) is 7.95. The lowest BCUT2D eigenvalue weighted by Gasteiger charge is -2.39. The summed E-state index contributed by atoms with van der Waals surface area (Å²) in [5.41, 5.74) is 13.1. The van der Waals surface area contributed by atoms with E-state index in [1.807, 2.05) is 0 Å². The predicted molar refractivity (Wildman–Crippen MR) is 193 cm³/mol. The number of benzene rings is 7. The molecular weight excluding hydrogens is 585 g/mol. The summed E-state index contributed by atoms with van der Waals surface area (Å²) in [6, 6.07) is 60.2. The summed E-state index contributed by atoms with van der Waals surface area (Å²) in [6.07, 6.45) is 0. The molecule has 0 amide bonds. The first-order valence-corrected chi connectivity index (χ1v) is 16.3. The second-order valence-corrected chi connectivity index (χ2v) is 12.6. The largest absolute Gasteiger partial charge is 0.457 e. The molecule has 3 nitrogen and oxygen atoms in total. The maximum atomic E-state index is 6.71. The van der Waals surface area contributed by atoms with Crippen molar-refractivity contribution in [2.24, 2.45) is 0 Å². The van der Waals surface area contributed by atoms with Gasteiger partial charge in [0.05, 0.1) is 16.8 Å². The summed E-state index contributed by atoms with van der Waals surface area (Å²) in [7, 11) is 0. The zero-order valence-electron chi connectivity index (χ0n) is 26.0. The van der Waals surface area contributed by atoms with E-state index in [1.165, 1.54) is 44.2 Å². The Labute approximate surface area is 278 Å². The van der Waals surface area contributed by atoms with Gasteiger partial charge < -0.3 is 4.74 Å². The molecule has 0 saturated carbocycles. The van der Waals surface area contributed by atoms with Crippen LogP contribution in [-0.2, 0) is 5.41 Å². The molecule has 0 atom stereocenters. The molecular formula is C45H28N2O. The van der Waals surface area contributed by atoms with Gasteiger partial charge in [-0.25, -0.2) is 0 Å². The third kappa shape index (κ3) is 3.82. The van der Waals surface area contributed by atoms with Gasteiger partial charge >= 0.3 is 0 Å². The lowest BCUT2D eigenvalue weighted by atomic mass is 9.66. The van der Waals surface area contributed by atoms with Crippen LogP contribution in [0, 0.1) is 0 Å². The summed E-state index contributed by atoms with van der Waals surface area (Å²) in [6.45, 7) is 0. The molecule has 0 unspecified atom stereocenters. The Morgan fingerprint density at radius 1 is 0.375 bits per heavy atom. The zero-order chi connectivity index (χ0) is 31.7.